The molecule has 0 bridgehead atoms. The number of carbonyl (C=O) groups excluding carboxylic acids is 3. The summed E-state index contributed by atoms with van der Waals surface area (Å²) in [6, 6.07) is 21.2. The standard InChI is InChI=1S/C46H43ClN6O3/c1-29-30(2)53(50-44(29)37-17-18-38(23-48)41(47)22-37)27-35-12-7-32(8-13-35)4-3-31-5-10-34(11-6-31)24-51-25-36(26-51)14-9-33-15-16-39-28-52(46(56)40(39)21-33)42-19-20-43(54)49-45(42)55/h7-8,12-13,15-18,21-22,31,34,36,42H,5-6,10-11,19-20,24-28H2,1-2H3,(H,49,54,55). The van der Waals surface area contributed by atoms with Gasteiger partial charge in [0.1, 0.15) is 12.1 Å². The number of amides is 3. The number of piperidine rings is 1. The average molecular weight is 763 g/mol. The van der Waals surface area contributed by atoms with E-state index in [0.717, 1.165) is 77.2 Å². The van der Waals surface area contributed by atoms with Crippen molar-refractivity contribution >= 4 is 29.3 Å². The van der Waals surface area contributed by atoms with Crippen molar-refractivity contribution in [2.75, 3.05) is 19.6 Å². The Kier molecular flexibility index (Phi) is 10.5. The maximum atomic E-state index is 13.2. The second-order valence-corrected chi connectivity index (χ2v) is 16.1. The van der Waals surface area contributed by atoms with E-state index in [4.69, 9.17) is 16.7 Å². The Labute approximate surface area is 333 Å². The Morgan fingerprint density at radius 1 is 0.875 bits per heavy atom. The molecule has 3 amide bonds. The van der Waals surface area contributed by atoms with Gasteiger partial charge >= 0.3 is 0 Å². The van der Waals surface area contributed by atoms with Crippen LogP contribution in [0.15, 0.2) is 60.7 Å². The predicted molar refractivity (Wildman–Crippen MR) is 214 cm³/mol. The number of fused-ring (bicyclic) bond motifs is 1. The predicted octanol–water partition coefficient (Wildman–Crippen LogP) is 6.64. The molecule has 4 aliphatic rings. The first kappa shape index (κ1) is 37.3. The van der Waals surface area contributed by atoms with Crippen molar-refractivity contribution < 1.29 is 14.4 Å². The third-order valence-electron chi connectivity index (χ3n) is 11.8. The van der Waals surface area contributed by atoms with Gasteiger partial charge in [0, 0.05) is 72.4 Å². The van der Waals surface area contributed by atoms with Crippen molar-refractivity contribution in [1.82, 2.24) is 24.9 Å². The minimum absolute atomic E-state index is 0.167. The van der Waals surface area contributed by atoms with Crippen LogP contribution in [-0.4, -0.2) is 63.0 Å². The smallest absolute Gasteiger partial charge is 0.255 e. The van der Waals surface area contributed by atoms with Crippen molar-refractivity contribution in [2.24, 2.45) is 17.8 Å². The van der Waals surface area contributed by atoms with Gasteiger partial charge in [-0.25, -0.2) is 0 Å². The SMILES string of the molecule is Cc1c(-c2ccc(C#N)c(Cl)c2)nn(Cc2ccc(C#CC3CCC(CN4CC(C#Cc5ccc6c(c5)C(=O)N(C5CCC(=O)NC5=O)C6)C4)CC3)cc2)c1C. The molecule has 3 aromatic carbocycles. The van der Waals surface area contributed by atoms with Crippen LogP contribution in [0.2, 0.25) is 5.02 Å². The van der Waals surface area contributed by atoms with E-state index in [0.29, 0.717) is 53.4 Å². The van der Waals surface area contributed by atoms with Crippen LogP contribution in [0.3, 0.4) is 0 Å². The summed E-state index contributed by atoms with van der Waals surface area (Å²) in [6.45, 7) is 8.24. The molecule has 1 atom stereocenters. The zero-order chi connectivity index (χ0) is 38.9. The van der Waals surface area contributed by atoms with Gasteiger partial charge in [-0.3, -0.25) is 24.4 Å². The van der Waals surface area contributed by atoms with Gasteiger partial charge in [-0.2, -0.15) is 10.4 Å². The monoisotopic (exact) mass is 762 g/mol. The molecule has 1 unspecified atom stereocenters. The molecule has 10 heteroatoms. The second-order valence-electron chi connectivity index (χ2n) is 15.7. The van der Waals surface area contributed by atoms with E-state index in [1.165, 1.54) is 12.8 Å². The van der Waals surface area contributed by atoms with Crippen LogP contribution >= 0.6 is 11.6 Å². The van der Waals surface area contributed by atoms with Crippen molar-refractivity contribution in [3.8, 4) is 41.0 Å². The van der Waals surface area contributed by atoms with E-state index in [9.17, 15) is 19.6 Å². The fourth-order valence-corrected chi connectivity index (χ4v) is 8.57. The molecular formula is C46H43ClN6O3. The van der Waals surface area contributed by atoms with Crippen LogP contribution in [-0.2, 0) is 22.7 Å². The maximum absolute atomic E-state index is 13.2. The molecule has 0 radical (unpaired) electrons. The molecule has 9 nitrogen and oxygen atoms in total. The maximum Gasteiger partial charge on any atom is 0.255 e. The van der Waals surface area contributed by atoms with E-state index in [1.807, 2.05) is 35.0 Å². The molecule has 1 N–H and O–H groups in total. The third-order valence-corrected chi connectivity index (χ3v) is 12.2. The number of nitriles is 1. The summed E-state index contributed by atoms with van der Waals surface area (Å²) >= 11 is 6.30. The van der Waals surface area contributed by atoms with Gasteiger partial charge < -0.3 is 9.80 Å². The highest BCUT2D eigenvalue weighted by atomic mass is 35.5. The van der Waals surface area contributed by atoms with E-state index in [2.05, 4.69) is 78.1 Å². The summed E-state index contributed by atoms with van der Waals surface area (Å²) in [7, 11) is 0. The van der Waals surface area contributed by atoms with E-state index >= 15 is 0 Å². The highest BCUT2D eigenvalue weighted by Crippen LogP contribution is 2.32. The molecule has 56 heavy (non-hydrogen) atoms. The summed E-state index contributed by atoms with van der Waals surface area (Å²) in [5.41, 5.74) is 8.93. The molecule has 1 saturated carbocycles. The number of nitrogens with one attached hydrogen (secondary N) is 1. The van der Waals surface area contributed by atoms with Gasteiger partial charge in [-0.15, -0.1) is 0 Å². The molecule has 1 aliphatic carbocycles. The molecule has 282 valence electrons. The average Bonchev–Trinajstić information content (AvgIpc) is 3.66. The molecule has 4 heterocycles. The quantitative estimate of drug-likeness (QED) is 0.174. The Hall–Kier alpha value is -5.66. The number of imide groups is 1. The lowest BCUT2D eigenvalue weighted by Gasteiger charge is -2.40. The number of halogens is 1. The first-order valence-electron chi connectivity index (χ1n) is 19.5. The Balaban J connectivity index is 0.774. The van der Waals surface area contributed by atoms with Crippen molar-refractivity contribution in [1.29, 1.82) is 5.26 Å². The molecule has 1 aromatic heterocycles. The third kappa shape index (κ3) is 7.87. The van der Waals surface area contributed by atoms with Crippen molar-refractivity contribution in [3.63, 3.8) is 0 Å². The minimum atomic E-state index is -0.607. The van der Waals surface area contributed by atoms with Crippen LogP contribution in [0, 0.1) is 66.6 Å². The number of hydrogen-bond donors (Lipinski definition) is 1. The van der Waals surface area contributed by atoms with E-state index < -0.39 is 11.9 Å². The van der Waals surface area contributed by atoms with Crippen LogP contribution in [0.1, 0.15) is 88.0 Å². The van der Waals surface area contributed by atoms with E-state index in [1.54, 1.807) is 11.0 Å². The largest absolute Gasteiger partial charge is 0.322 e. The summed E-state index contributed by atoms with van der Waals surface area (Å²) < 4.78 is 2.02. The fraction of sp³-hybridized carbons (Fsp3) is 0.370. The number of benzene rings is 3. The lowest BCUT2D eigenvalue weighted by atomic mass is 9.81. The molecular weight excluding hydrogens is 720 g/mol. The van der Waals surface area contributed by atoms with Crippen LogP contribution in [0.4, 0.5) is 0 Å². The molecule has 8 rings (SSSR count). The zero-order valence-electron chi connectivity index (χ0n) is 31.7. The molecule has 3 aliphatic heterocycles. The van der Waals surface area contributed by atoms with Crippen molar-refractivity contribution in [3.05, 3.63) is 110 Å². The van der Waals surface area contributed by atoms with E-state index in [-0.39, 0.29) is 18.2 Å². The Bertz CT molecular complexity index is 2390. The summed E-state index contributed by atoms with van der Waals surface area (Å²) in [4.78, 5) is 41.2. The summed E-state index contributed by atoms with van der Waals surface area (Å²) in [5.74, 6) is 14.3. The van der Waals surface area contributed by atoms with Gasteiger partial charge in [-0.05, 0) is 105 Å². The Morgan fingerprint density at radius 2 is 1.61 bits per heavy atom. The number of nitrogens with zero attached hydrogens (tertiary/aromatic N) is 5. The van der Waals surface area contributed by atoms with Gasteiger partial charge in [-0.1, -0.05) is 59.5 Å². The molecule has 0 spiro atoms. The van der Waals surface area contributed by atoms with Crippen LogP contribution < -0.4 is 5.32 Å². The summed E-state index contributed by atoms with van der Waals surface area (Å²) in [5, 5.41) is 16.9. The second kappa shape index (κ2) is 15.8. The topological polar surface area (TPSA) is 111 Å². The fourth-order valence-electron chi connectivity index (χ4n) is 8.35. The number of rotatable bonds is 6. The number of likely N-dealkylation sites (tertiary alicyclic amines) is 1. The van der Waals surface area contributed by atoms with Crippen LogP contribution in [0.5, 0.6) is 0 Å². The minimum Gasteiger partial charge on any atom is -0.322 e. The molecule has 2 saturated heterocycles. The van der Waals surface area contributed by atoms with Gasteiger partial charge in [0.15, 0.2) is 0 Å². The first-order chi connectivity index (χ1) is 27.1. The lowest BCUT2D eigenvalue weighted by molar-refractivity contribution is -0.136. The highest BCUT2D eigenvalue weighted by Gasteiger charge is 2.39. The van der Waals surface area contributed by atoms with Gasteiger partial charge in [0.2, 0.25) is 11.8 Å². The first-order valence-corrected chi connectivity index (χ1v) is 19.9. The lowest BCUT2D eigenvalue weighted by Crippen LogP contribution is -2.52. The van der Waals surface area contributed by atoms with Gasteiger partial charge in [0.05, 0.1) is 22.8 Å². The molecule has 4 aromatic rings. The zero-order valence-corrected chi connectivity index (χ0v) is 32.5. The number of hydrogen-bond acceptors (Lipinski definition) is 6. The highest BCUT2D eigenvalue weighted by molar-refractivity contribution is 6.32. The summed E-state index contributed by atoms with van der Waals surface area (Å²) in [6.07, 6.45) is 5.27. The van der Waals surface area contributed by atoms with Gasteiger partial charge in [0.25, 0.3) is 5.91 Å². The number of carbonyl (C=O) groups is 3. The normalized spacial score (nSPS) is 20.9. The van der Waals surface area contributed by atoms with Crippen LogP contribution in [0.25, 0.3) is 11.3 Å². The molecule has 3 fully saturated rings. The number of aromatic nitrogens is 2. The Morgan fingerprint density at radius 3 is 2.34 bits per heavy atom. The van der Waals surface area contributed by atoms with Crippen molar-refractivity contribution in [2.45, 2.75) is 71.5 Å².